The summed E-state index contributed by atoms with van der Waals surface area (Å²) < 4.78 is 46.0. The molecule has 1 saturated heterocycles. The third-order valence-corrected chi connectivity index (χ3v) is 9.12. The molecule has 2 atom stereocenters. The summed E-state index contributed by atoms with van der Waals surface area (Å²) in [6.07, 6.45) is 3.20. The first-order chi connectivity index (χ1) is 18.6. The minimum atomic E-state index is -4.61. The van der Waals surface area contributed by atoms with Gasteiger partial charge in [-0.25, -0.2) is 0 Å². The molecule has 3 fully saturated rings. The fourth-order valence-corrected chi connectivity index (χ4v) is 7.25. The average Bonchev–Trinajstić information content (AvgIpc) is 3.37. The van der Waals surface area contributed by atoms with Crippen molar-refractivity contribution in [2.24, 2.45) is 18.9 Å². The molecule has 39 heavy (non-hydrogen) atoms. The van der Waals surface area contributed by atoms with Crippen LogP contribution in [0, 0.1) is 11.8 Å². The standard InChI is InChI=1S/C29H31F3N6O/c1-17-12-28(13-17,27-35-33-16-36(27)2)19-6-3-7-21(10-19)38-15-23(29(30,31)32)22-11-20(34-25(22)26(38)39)14-37-8-4-5-18-9-24(18)37/h3,6-7,10-11,15-18,24,34H,4-5,8-9,12-14H2,1-2H3. The fraction of sp³-hybridized carbons (Fsp3) is 0.483. The van der Waals surface area contributed by atoms with Gasteiger partial charge in [-0.2, -0.15) is 13.2 Å². The van der Waals surface area contributed by atoms with Crippen LogP contribution in [0.3, 0.4) is 0 Å². The number of likely N-dealkylation sites (tertiary alicyclic amines) is 1. The summed E-state index contributed by atoms with van der Waals surface area (Å²) in [4.78, 5) is 19.1. The lowest BCUT2D eigenvalue weighted by atomic mass is 9.58. The third-order valence-electron chi connectivity index (χ3n) is 9.12. The molecule has 2 unspecified atom stereocenters. The van der Waals surface area contributed by atoms with Crippen molar-refractivity contribution >= 4 is 10.9 Å². The number of fused-ring (bicyclic) bond motifs is 2. The zero-order valence-corrected chi connectivity index (χ0v) is 22.0. The smallest absolute Gasteiger partial charge is 0.353 e. The molecule has 4 heterocycles. The maximum absolute atomic E-state index is 14.3. The van der Waals surface area contributed by atoms with Gasteiger partial charge in [0, 0.05) is 42.6 Å². The van der Waals surface area contributed by atoms with E-state index in [1.54, 1.807) is 18.5 Å². The van der Waals surface area contributed by atoms with Crippen molar-refractivity contribution in [1.29, 1.82) is 0 Å². The van der Waals surface area contributed by atoms with Crippen molar-refractivity contribution in [2.75, 3.05) is 6.54 Å². The molecule has 0 amide bonds. The zero-order chi connectivity index (χ0) is 27.1. The van der Waals surface area contributed by atoms with Crippen molar-refractivity contribution in [3.05, 3.63) is 75.9 Å². The molecule has 0 bridgehead atoms. The van der Waals surface area contributed by atoms with E-state index in [2.05, 4.69) is 27.0 Å². The predicted octanol–water partition coefficient (Wildman–Crippen LogP) is 5.17. The van der Waals surface area contributed by atoms with Crippen LogP contribution < -0.4 is 5.56 Å². The number of aromatic amines is 1. The highest BCUT2D eigenvalue weighted by molar-refractivity contribution is 5.84. The molecular formula is C29H31F3N6O. The Labute approximate surface area is 223 Å². The highest BCUT2D eigenvalue weighted by atomic mass is 19.4. The Morgan fingerprint density at radius 1 is 1.21 bits per heavy atom. The van der Waals surface area contributed by atoms with Crippen LogP contribution in [0.2, 0.25) is 0 Å². The summed E-state index contributed by atoms with van der Waals surface area (Å²) >= 11 is 0. The van der Waals surface area contributed by atoms with Crippen LogP contribution in [0.25, 0.3) is 16.6 Å². The van der Waals surface area contributed by atoms with Gasteiger partial charge in [-0.05, 0) is 74.2 Å². The number of piperidine rings is 1. The molecule has 0 spiro atoms. The second kappa shape index (κ2) is 8.55. The van der Waals surface area contributed by atoms with E-state index in [1.165, 1.54) is 12.5 Å². The Morgan fingerprint density at radius 2 is 2.03 bits per heavy atom. The fourth-order valence-electron chi connectivity index (χ4n) is 7.25. The van der Waals surface area contributed by atoms with Crippen LogP contribution in [0.1, 0.15) is 61.7 Å². The maximum Gasteiger partial charge on any atom is 0.418 e. The van der Waals surface area contributed by atoms with Gasteiger partial charge in [-0.1, -0.05) is 19.1 Å². The number of aromatic nitrogens is 5. The summed E-state index contributed by atoms with van der Waals surface area (Å²) in [6.45, 7) is 3.63. The lowest BCUT2D eigenvalue weighted by Gasteiger charge is -2.46. The van der Waals surface area contributed by atoms with Crippen LogP contribution in [-0.4, -0.2) is 41.8 Å². The number of aryl methyl sites for hydroxylation is 1. The molecule has 7 rings (SSSR count). The van der Waals surface area contributed by atoms with Gasteiger partial charge in [0.1, 0.15) is 17.7 Å². The lowest BCUT2D eigenvalue weighted by Crippen LogP contribution is -2.43. The quantitative estimate of drug-likeness (QED) is 0.382. The highest BCUT2D eigenvalue weighted by Crippen LogP contribution is 2.51. The largest absolute Gasteiger partial charge is 0.418 e. The van der Waals surface area contributed by atoms with Crippen molar-refractivity contribution in [3.63, 3.8) is 0 Å². The molecule has 7 nitrogen and oxygen atoms in total. The molecule has 204 valence electrons. The minimum absolute atomic E-state index is 0.00475. The number of H-pyrrole nitrogens is 1. The van der Waals surface area contributed by atoms with Crippen LogP contribution in [-0.2, 0) is 25.2 Å². The van der Waals surface area contributed by atoms with E-state index in [4.69, 9.17) is 0 Å². The van der Waals surface area contributed by atoms with Gasteiger partial charge < -0.3 is 9.55 Å². The van der Waals surface area contributed by atoms with Crippen molar-refractivity contribution in [3.8, 4) is 5.69 Å². The lowest BCUT2D eigenvalue weighted by molar-refractivity contribution is -0.136. The number of rotatable bonds is 5. The van der Waals surface area contributed by atoms with E-state index in [-0.39, 0.29) is 10.9 Å². The van der Waals surface area contributed by atoms with Gasteiger partial charge in [-0.15, -0.1) is 10.2 Å². The van der Waals surface area contributed by atoms with Gasteiger partial charge in [-0.3, -0.25) is 14.3 Å². The minimum Gasteiger partial charge on any atom is -0.353 e. The number of alkyl halides is 3. The molecule has 1 N–H and O–H groups in total. The molecule has 3 aliphatic rings. The van der Waals surface area contributed by atoms with E-state index in [1.807, 2.05) is 23.7 Å². The summed E-state index contributed by atoms with van der Waals surface area (Å²) in [5.41, 5.74) is 0.277. The monoisotopic (exact) mass is 536 g/mol. The topological polar surface area (TPSA) is 71.7 Å². The second-order valence-electron chi connectivity index (χ2n) is 11.9. The normalized spacial score (nSPS) is 26.9. The van der Waals surface area contributed by atoms with Gasteiger partial charge in [0.25, 0.3) is 5.56 Å². The number of benzene rings is 1. The molecule has 1 aliphatic heterocycles. The summed E-state index contributed by atoms with van der Waals surface area (Å²) in [7, 11) is 1.90. The second-order valence-corrected chi connectivity index (χ2v) is 11.9. The van der Waals surface area contributed by atoms with Crippen molar-refractivity contribution < 1.29 is 13.2 Å². The Kier molecular flexibility index (Phi) is 5.40. The van der Waals surface area contributed by atoms with Gasteiger partial charge in [0.15, 0.2) is 0 Å². The van der Waals surface area contributed by atoms with Crippen LogP contribution in [0.15, 0.2) is 47.7 Å². The van der Waals surface area contributed by atoms with Crippen LogP contribution in [0.5, 0.6) is 0 Å². The van der Waals surface area contributed by atoms with Gasteiger partial charge >= 0.3 is 6.18 Å². The van der Waals surface area contributed by atoms with Crippen molar-refractivity contribution in [2.45, 2.75) is 63.2 Å². The highest BCUT2D eigenvalue weighted by Gasteiger charge is 2.48. The molecular weight excluding hydrogens is 505 g/mol. The Balaban J connectivity index is 1.33. The van der Waals surface area contributed by atoms with E-state index in [9.17, 15) is 18.0 Å². The predicted molar refractivity (Wildman–Crippen MR) is 141 cm³/mol. The number of nitrogens with one attached hydrogen (secondary N) is 1. The Bertz CT molecular complexity index is 1630. The summed E-state index contributed by atoms with van der Waals surface area (Å²) in [5, 5.41) is 8.37. The van der Waals surface area contributed by atoms with Crippen LogP contribution >= 0.6 is 0 Å². The number of hydrogen-bond acceptors (Lipinski definition) is 4. The van der Waals surface area contributed by atoms with E-state index in [0.717, 1.165) is 54.4 Å². The molecule has 1 aromatic carbocycles. The molecule has 10 heteroatoms. The third kappa shape index (κ3) is 3.94. The number of pyridine rings is 1. The number of halogens is 3. The van der Waals surface area contributed by atoms with Gasteiger partial charge in [0.2, 0.25) is 0 Å². The molecule has 2 aliphatic carbocycles. The molecule has 3 aromatic heterocycles. The van der Waals surface area contributed by atoms with E-state index < -0.39 is 22.7 Å². The van der Waals surface area contributed by atoms with Gasteiger partial charge in [0.05, 0.1) is 11.0 Å². The van der Waals surface area contributed by atoms with E-state index in [0.29, 0.717) is 35.8 Å². The maximum atomic E-state index is 14.3. The van der Waals surface area contributed by atoms with Crippen molar-refractivity contribution in [1.82, 2.24) is 29.2 Å². The van der Waals surface area contributed by atoms with E-state index >= 15 is 0 Å². The molecule has 2 saturated carbocycles. The first-order valence-corrected chi connectivity index (χ1v) is 13.7. The summed E-state index contributed by atoms with van der Waals surface area (Å²) in [5.74, 6) is 2.01. The zero-order valence-electron chi connectivity index (χ0n) is 22.0. The van der Waals surface area contributed by atoms with Crippen LogP contribution in [0.4, 0.5) is 13.2 Å². The summed E-state index contributed by atoms with van der Waals surface area (Å²) in [6, 6.07) is 9.33. The average molecular weight is 537 g/mol. The first kappa shape index (κ1) is 24.6. The molecule has 4 aromatic rings. The molecule has 0 radical (unpaired) electrons. The number of nitrogens with zero attached hydrogens (tertiary/aromatic N) is 5. The SMILES string of the molecule is CC1CC(c2cccc(-n3cc(C(F)(F)F)c4cc(CN5CCCC6CC65)[nH]c4c3=O)c2)(c2nncn2C)C1. The Morgan fingerprint density at radius 3 is 2.74 bits per heavy atom. The number of hydrogen-bond donors (Lipinski definition) is 1. The first-order valence-electron chi connectivity index (χ1n) is 13.7. The Hall–Kier alpha value is -3.40.